The van der Waals surface area contributed by atoms with E-state index < -0.39 is 49.1 Å². The lowest BCUT2D eigenvalue weighted by Crippen LogP contribution is -2.65. The molecule has 2 rings (SSSR count). The van der Waals surface area contributed by atoms with Crippen molar-refractivity contribution < 1.29 is 38.6 Å². The molecule has 0 aromatic carbocycles. The first kappa shape index (κ1) is 27.3. The van der Waals surface area contributed by atoms with Gasteiger partial charge in [-0.15, -0.1) is 23.4 Å². The molecule has 2 fully saturated rings. The van der Waals surface area contributed by atoms with Gasteiger partial charge in [0.05, 0.1) is 17.5 Å². The molecule has 31 heavy (non-hydrogen) atoms. The normalized spacial score (nSPS) is 36.9. The van der Waals surface area contributed by atoms with Gasteiger partial charge in [-0.05, 0) is 39.0 Å². The lowest BCUT2D eigenvalue weighted by molar-refractivity contribution is -0.201. The third kappa shape index (κ3) is 7.02. The Morgan fingerprint density at radius 3 is 2.55 bits per heavy atom. The largest absolute Gasteiger partial charge is 0.470 e. The first-order chi connectivity index (χ1) is 14.4. The summed E-state index contributed by atoms with van der Waals surface area (Å²) in [6, 6.07) is -1.30. The van der Waals surface area contributed by atoms with Crippen LogP contribution in [0.25, 0.3) is 0 Å². The van der Waals surface area contributed by atoms with E-state index in [1.807, 2.05) is 11.9 Å². The predicted molar refractivity (Wildman–Crippen MR) is 118 cm³/mol. The summed E-state index contributed by atoms with van der Waals surface area (Å²) in [5.74, 6) is 0.130. The molecule has 0 aromatic rings. The summed E-state index contributed by atoms with van der Waals surface area (Å²) in [7, 11) is -3.16. The Morgan fingerprint density at radius 1 is 1.39 bits per heavy atom. The number of carbonyl (C=O) groups is 1. The molecule has 0 aromatic heterocycles. The number of aliphatic hydroxyl groups is 2. The van der Waals surface area contributed by atoms with Gasteiger partial charge in [0.15, 0.2) is 0 Å². The SMILES string of the molecule is CCC[C@@H]1C[C@@H](C(=O)N[C@@H]([C@H]2O[C@H](SC)[C@H](O)[C@@H](O)[C@H]2OP(=O)(O)O)[C@H](C)Cl)N(C)C1. The van der Waals surface area contributed by atoms with Crippen LogP contribution in [-0.4, -0.2) is 98.0 Å². The number of amides is 1. The maximum Gasteiger partial charge on any atom is 0.470 e. The number of ether oxygens (including phenoxy) is 1. The zero-order chi connectivity index (χ0) is 23.5. The van der Waals surface area contributed by atoms with Crippen molar-refractivity contribution in [2.75, 3.05) is 19.8 Å². The summed E-state index contributed by atoms with van der Waals surface area (Å²) < 4.78 is 22.1. The highest BCUT2D eigenvalue weighted by Gasteiger charge is 2.51. The number of nitrogens with one attached hydrogen (secondary N) is 1. The van der Waals surface area contributed by atoms with Crippen LogP contribution in [-0.2, 0) is 18.6 Å². The number of halogens is 1. The van der Waals surface area contributed by atoms with E-state index in [0.29, 0.717) is 12.3 Å². The molecule has 9 atom stereocenters. The molecule has 5 N–H and O–H groups in total. The number of phosphoric ester groups is 1. The van der Waals surface area contributed by atoms with E-state index in [1.54, 1.807) is 13.2 Å². The van der Waals surface area contributed by atoms with Crippen LogP contribution in [0.2, 0.25) is 0 Å². The summed E-state index contributed by atoms with van der Waals surface area (Å²) in [4.78, 5) is 33.7. The van der Waals surface area contributed by atoms with Gasteiger partial charge in [0.25, 0.3) is 0 Å². The molecule has 2 aliphatic rings. The van der Waals surface area contributed by atoms with Gasteiger partial charge >= 0.3 is 7.82 Å². The van der Waals surface area contributed by atoms with E-state index in [2.05, 4.69) is 12.2 Å². The molecule has 2 heterocycles. The van der Waals surface area contributed by atoms with Crippen molar-refractivity contribution in [3.05, 3.63) is 0 Å². The van der Waals surface area contributed by atoms with Gasteiger partial charge in [0.1, 0.15) is 29.9 Å². The minimum Gasteiger partial charge on any atom is -0.387 e. The highest BCUT2D eigenvalue weighted by molar-refractivity contribution is 7.99. The lowest BCUT2D eigenvalue weighted by atomic mass is 9.92. The number of hydrogen-bond donors (Lipinski definition) is 5. The van der Waals surface area contributed by atoms with E-state index in [-0.39, 0.29) is 11.9 Å². The fourth-order valence-corrected chi connectivity index (χ4v) is 5.82. The first-order valence-electron chi connectivity index (χ1n) is 10.3. The average molecular weight is 505 g/mol. The minimum atomic E-state index is -5.04. The number of hydrogen-bond acceptors (Lipinski definition) is 8. The number of nitrogens with zero attached hydrogens (tertiary/aromatic N) is 1. The first-order valence-corrected chi connectivity index (χ1v) is 13.6. The predicted octanol–water partition coefficient (Wildman–Crippen LogP) is 0.507. The Kier molecular flexibility index (Phi) is 10.1. The maximum atomic E-state index is 13.1. The molecular weight excluding hydrogens is 471 g/mol. The van der Waals surface area contributed by atoms with E-state index in [4.69, 9.17) is 20.9 Å². The number of likely N-dealkylation sites (tertiary alicyclic amines) is 1. The average Bonchev–Trinajstić information content (AvgIpc) is 3.03. The van der Waals surface area contributed by atoms with Gasteiger partial charge in [0.2, 0.25) is 5.91 Å². The van der Waals surface area contributed by atoms with E-state index in [0.717, 1.165) is 31.1 Å². The van der Waals surface area contributed by atoms with Gasteiger partial charge < -0.3 is 30.1 Å². The fraction of sp³-hybridized carbons (Fsp3) is 0.944. The molecule has 1 amide bonds. The molecule has 0 bridgehead atoms. The Balaban J connectivity index is 2.25. The Labute approximate surface area is 192 Å². The second-order valence-corrected chi connectivity index (χ2v) is 11.1. The highest BCUT2D eigenvalue weighted by Crippen LogP contribution is 2.43. The standard InChI is InChI=1S/C18H34ClN2O8PS/c1-5-6-10-7-11(21(3)8-10)17(24)20-12(9(2)19)15-16(29-30(25,26)27)13(22)14(23)18(28-15)31-4/h9-16,18,22-23H,5-8H2,1-4H3,(H,20,24)(H2,25,26,27)/t9-,10+,11-,12+,13+,14+,15+,16+,18+/m0/s1. The van der Waals surface area contributed by atoms with Crippen LogP contribution >= 0.6 is 31.2 Å². The number of aliphatic hydroxyl groups excluding tert-OH is 2. The van der Waals surface area contributed by atoms with Gasteiger partial charge in [-0.2, -0.15) is 0 Å². The minimum absolute atomic E-state index is 0.279. The summed E-state index contributed by atoms with van der Waals surface area (Å²) in [5.41, 5.74) is -0.894. The van der Waals surface area contributed by atoms with Gasteiger partial charge in [-0.25, -0.2) is 4.57 Å². The molecular formula is C18H34ClN2O8PS. The van der Waals surface area contributed by atoms with Crippen LogP contribution in [0.4, 0.5) is 0 Å². The van der Waals surface area contributed by atoms with Crippen LogP contribution < -0.4 is 5.32 Å². The van der Waals surface area contributed by atoms with E-state index in [1.165, 1.54) is 0 Å². The summed E-state index contributed by atoms with van der Waals surface area (Å²) >= 11 is 7.46. The number of thioether (sulfide) groups is 1. The second-order valence-electron chi connectivity index (χ2n) is 8.30. The summed E-state index contributed by atoms with van der Waals surface area (Å²) in [5, 5.41) is 22.9. The number of carbonyl (C=O) groups excluding carboxylic acids is 1. The van der Waals surface area contributed by atoms with Gasteiger partial charge in [0, 0.05) is 6.54 Å². The molecule has 0 unspecified atom stereocenters. The van der Waals surface area contributed by atoms with Crippen molar-refractivity contribution in [1.82, 2.24) is 10.2 Å². The van der Waals surface area contributed by atoms with Crippen LogP contribution in [0, 0.1) is 5.92 Å². The molecule has 2 aliphatic heterocycles. The second kappa shape index (κ2) is 11.5. The summed E-state index contributed by atoms with van der Waals surface area (Å²) in [6.45, 7) is 4.51. The van der Waals surface area contributed by atoms with Gasteiger partial charge in [-0.1, -0.05) is 13.3 Å². The zero-order valence-electron chi connectivity index (χ0n) is 18.1. The Bertz CT molecular complexity index is 656. The van der Waals surface area contributed by atoms with Crippen molar-refractivity contribution in [3.63, 3.8) is 0 Å². The van der Waals surface area contributed by atoms with Crippen molar-refractivity contribution in [2.24, 2.45) is 5.92 Å². The Hall–Kier alpha value is 0.0600. The maximum absolute atomic E-state index is 13.1. The van der Waals surface area contributed by atoms with Gasteiger partial charge in [-0.3, -0.25) is 14.2 Å². The number of likely N-dealkylation sites (N-methyl/N-ethyl adjacent to an activating group) is 1. The third-order valence-corrected chi connectivity index (χ3v) is 7.51. The number of alkyl halides is 1. The number of rotatable bonds is 9. The van der Waals surface area contributed by atoms with Crippen LogP contribution in [0.1, 0.15) is 33.1 Å². The van der Waals surface area contributed by atoms with Crippen LogP contribution in [0.3, 0.4) is 0 Å². The lowest BCUT2D eigenvalue weighted by Gasteiger charge is -2.45. The quantitative estimate of drug-likeness (QED) is 0.222. The Morgan fingerprint density at radius 2 is 2.03 bits per heavy atom. The molecule has 0 aliphatic carbocycles. The topological polar surface area (TPSA) is 149 Å². The van der Waals surface area contributed by atoms with Crippen molar-refractivity contribution >= 4 is 37.1 Å². The van der Waals surface area contributed by atoms with Crippen LogP contribution in [0.5, 0.6) is 0 Å². The fourth-order valence-electron chi connectivity index (χ4n) is 4.38. The third-order valence-electron chi connectivity index (χ3n) is 5.86. The molecule has 0 spiro atoms. The van der Waals surface area contributed by atoms with Crippen molar-refractivity contribution in [3.8, 4) is 0 Å². The van der Waals surface area contributed by atoms with E-state index in [9.17, 15) is 29.4 Å². The molecule has 0 radical (unpaired) electrons. The zero-order valence-corrected chi connectivity index (χ0v) is 20.6. The molecule has 10 nitrogen and oxygen atoms in total. The number of phosphoric acid groups is 1. The van der Waals surface area contributed by atoms with Crippen molar-refractivity contribution in [1.29, 1.82) is 0 Å². The molecule has 2 saturated heterocycles. The smallest absolute Gasteiger partial charge is 0.387 e. The highest BCUT2D eigenvalue weighted by atomic mass is 35.5. The summed E-state index contributed by atoms with van der Waals surface area (Å²) in [6.07, 6.45) is -1.49. The van der Waals surface area contributed by atoms with E-state index >= 15 is 0 Å². The molecule has 182 valence electrons. The monoisotopic (exact) mass is 504 g/mol. The molecule has 13 heteroatoms. The molecule has 0 saturated carbocycles. The van der Waals surface area contributed by atoms with Crippen molar-refractivity contribution in [2.45, 2.75) is 80.4 Å². The van der Waals surface area contributed by atoms with Crippen LogP contribution in [0.15, 0.2) is 0 Å².